The molecule has 4 rings (SSSR count). The average Bonchev–Trinajstić information content (AvgIpc) is 2.71. The molecule has 1 N–H and O–H groups in total. The summed E-state index contributed by atoms with van der Waals surface area (Å²) >= 11 is 5.69. The minimum absolute atomic E-state index is 0.287. The first-order valence-electron chi connectivity index (χ1n) is 8.56. The largest absolute Gasteiger partial charge is 0.433 e. The Labute approximate surface area is 159 Å². The molecule has 1 fully saturated rings. The van der Waals surface area contributed by atoms with Crippen molar-refractivity contribution in [2.45, 2.75) is 5.41 Å². The van der Waals surface area contributed by atoms with Crippen molar-refractivity contribution in [1.29, 1.82) is 0 Å². The Kier molecular flexibility index (Phi) is 4.92. The van der Waals surface area contributed by atoms with E-state index in [0.29, 0.717) is 13.2 Å². The Balaban J connectivity index is 1.64. The first kappa shape index (κ1) is 17.4. The van der Waals surface area contributed by atoms with Crippen LogP contribution in [-0.4, -0.2) is 13.2 Å². The first-order valence-corrected chi connectivity index (χ1v) is 11.2. The minimum atomic E-state index is -2.57. The topological polar surface area (TPSA) is 30.5 Å². The highest BCUT2D eigenvalue weighted by molar-refractivity contribution is 8.09. The maximum absolute atomic E-state index is 6.19. The standard InChI is InChI=1S/C21H20NO2PS/c26-25(24-20-14-8-3-9-15-20)22-16-21(17-23-25,18-10-4-1-5-11-18)19-12-6-2-7-13-19/h1-15H,16-17H2,(H,22,26). The minimum Gasteiger partial charge on any atom is -0.433 e. The fourth-order valence-electron chi connectivity index (χ4n) is 3.25. The van der Waals surface area contributed by atoms with Gasteiger partial charge in [-0.25, -0.2) is 5.09 Å². The number of benzene rings is 3. The predicted molar refractivity (Wildman–Crippen MR) is 109 cm³/mol. The smallest absolute Gasteiger partial charge is 0.312 e. The molecule has 3 nitrogen and oxygen atoms in total. The first-order chi connectivity index (χ1) is 12.7. The van der Waals surface area contributed by atoms with Gasteiger partial charge in [0.2, 0.25) is 0 Å². The molecule has 1 atom stereocenters. The molecule has 0 spiro atoms. The second kappa shape index (κ2) is 7.34. The van der Waals surface area contributed by atoms with E-state index in [4.69, 9.17) is 20.9 Å². The van der Waals surface area contributed by atoms with Crippen LogP contribution in [0.1, 0.15) is 11.1 Å². The summed E-state index contributed by atoms with van der Waals surface area (Å²) in [5, 5.41) is 3.41. The van der Waals surface area contributed by atoms with Crippen molar-refractivity contribution in [3.8, 4) is 5.75 Å². The number of nitrogens with one attached hydrogen (secondary N) is 1. The summed E-state index contributed by atoms with van der Waals surface area (Å²) in [7, 11) is 0. The van der Waals surface area contributed by atoms with Crippen LogP contribution in [0.2, 0.25) is 0 Å². The zero-order valence-electron chi connectivity index (χ0n) is 14.2. The van der Waals surface area contributed by atoms with Gasteiger partial charge in [0, 0.05) is 6.54 Å². The van der Waals surface area contributed by atoms with Gasteiger partial charge in [-0.05, 0) is 35.1 Å². The van der Waals surface area contributed by atoms with Crippen LogP contribution >= 0.6 is 6.64 Å². The normalized spacial score (nSPS) is 21.8. The Bertz CT molecular complexity index is 850. The third kappa shape index (κ3) is 3.46. The van der Waals surface area contributed by atoms with Crippen LogP contribution in [0.25, 0.3) is 0 Å². The zero-order valence-corrected chi connectivity index (χ0v) is 16.0. The quantitative estimate of drug-likeness (QED) is 0.652. The lowest BCUT2D eigenvalue weighted by Crippen LogP contribution is -2.47. The molecular formula is C21H20NO2PS. The summed E-state index contributed by atoms with van der Waals surface area (Å²) < 4.78 is 12.2. The van der Waals surface area contributed by atoms with Crippen LogP contribution in [0.5, 0.6) is 5.75 Å². The Morgan fingerprint density at radius 1 is 0.808 bits per heavy atom. The van der Waals surface area contributed by atoms with Gasteiger partial charge >= 0.3 is 6.64 Å². The SMILES string of the molecule is S=P1(Oc2ccccc2)NCC(c2ccccc2)(c2ccccc2)CO1. The maximum atomic E-state index is 6.19. The fourth-order valence-corrected chi connectivity index (χ4v) is 5.33. The van der Waals surface area contributed by atoms with Crippen molar-refractivity contribution >= 4 is 18.4 Å². The van der Waals surface area contributed by atoms with E-state index in [0.717, 1.165) is 5.75 Å². The summed E-state index contributed by atoms with van der Waals surface area (Å²) in [6.07, 6.45) is 0. The van der Waals surface area contributed by atoms with Crippen LogP contribution in [0.15, 0.2) is 91.0 Å². The highest BCUT2D eigenvalue weighted by atomic mass is 32.5. The van der Waals surface area contributed by atoms with Crippen LogP contribution in [0, 0.1) is 0 Å². The molecule has 1 unspecified atom stereocenters. The zero-order chi connectivity index (χ0) is 17.9. The molecule has 132 valence electrons. The van der Waals surface area contributed by atoms with Crippen LogP contribution in [-0.2, 0) is 21.7 Å². The van der Waals surface area contributed by atoms with Gasteiger partial charge in [-0.3, -0.25) is 0 Å². The molecule has 1 aliphatic rings. The molecule has 0 aliphatic carbocycles. The average molecular weight is 381 g/mol. The number of hydrogen-bond donors (Lipinski definition) is 1. The Morgan fingerprint density at radius 2 is 1.31 bits per heavy atom. The van der Waals surface area contributed by atoms with Gasteiger partial charge in [-0.15, -0.1) is 0 Å². The summed E-state index contributed by atoms with van der Waals surface area (Å²) in [5.41, 5.74) is 2.13. The molecule has 1 heterocycles. The Morgan fingerprint density at radius 3 is 1.77 bits per heavy atom. The van der Waals surface area contributed by atoms with E-state index < -0.39 is 6.64 Å². The highest BCUT2D eigenvalue weighted by Gasteiger charge is 2.42. The number of para-hydroxylation sites is 1. The lowest BCUT2D eigenvalue weighted by Gasteiger charge is -2.42. The summed E-state index contributed by atoms with van der Waals surface area (Å²) in [4.78, 5) is 0. The van der Waals surface area contributed by atoms with Gasteiger partial charge in [0.15, 0.2) is 0 Å². The fraction of sp³-hybridized carbons (Fsp3) is 0.143. The van der Waals surface area contributed by atoms with Crippen molar-refractivity contribution in [2.75, 3.05) is 13.2 Å². The second-order valence-electron chi connectivity index (χ2n) is 6.32. The molecule has 3 aromatic rings. The van der Waals surface area contributed by atoms with Crippen LogP contribution in [0.3, 0.4) is 0 Å². The van der Waals surface area contributed by atoms with Gasteiger partial charge in [-0.1, -0.05) is 78.9 Å². The third-order valence-corrected chi connectivity index (χ3v) is 7.07. The van der Waals surface area contributed by atoms with Crippen molar-refractivity contribution in [3.63, 3.8) is 0 Å². The molecule has 0 radical (unpaired) electrons. The molecule has 1 saturated heterocycles. The number of hydrogen-bond acceptors (Lipinski definition) is 3. The monoisotopic (exact) mass is 381 g/mol. The molecular weight excluding hydrogens is 361 g/mol. The van der Waals surface area contributed by atoms with Gasteiger partial charge in [0.25, 0.3) is 0 Å². The summed E-state index contributed by atoms with van der Waals surface area (Å²) in [6.45, 7) is -1.42. The van der Waals surface area contributed by atoms with E-state index in [1.165, 1.54) is 11.1 Å². The Hall–Kier alpha value is -1.97. The number of rotatable bonds is 4. The lowest BCUT2D eigenvalue weighted by molar-refractivity contribution is 0.209. The molecule has 3 aromatic carbocycles. The highest BCUT2D eigenvalue weighted by Crippen LogP contribution is 2.51. The van der Waals surface area contributed by atoms with E-state index in [1.807, 2.05) is 42.5 Å². The molecule has 26 heavy (non-hydrogen) atoms. The van der Waals surface area contributed by atoms with Crippen molar-refractivity contribution in [3.05, 3.63) is 102 Å². The third-order valence-electron chi connectivity index (χ3n) is 4.68. The molecule has 0 aromatic heterocycles. The predicted octanol–water partition coefficient (Wildman–Crippen LogP) is 4.90. The van der Waals surface area contributed by atoms with E-state index in [2.05, 4.69) is 53.6 Å². The van der Waals surface area contributed by atoms with E-state index in [9.17, 15) is 0 Å². The van der Waals surface area contributed by atoms with E-state index in [1.54, 1.807) is 0 Å². The van der Waals surface area contributed by atoms with Gasteiger partial charge < -0.3 is 9.05 Å². The molecule has 0 bridgehead atoms. The van der Waals surface area contributed by atoms with Crippen LogP contribution in [0.4, 0.5) is 0 Å². The van der Waals surface area contributed by atoms with Crippen molar-refractivity contribution < 1.29 is 9.05 Å². The van der Waals surface area contributed by atoms with Gasteiger partial charge in [0.1, 0.15) is 5.75 Å². The van der Waals surface area contributed by atoms with Gasteiger partial charge in [-0.2, -0.15) is 0 Å². The van der Waals surface area contributed by atoms with E-state index >= 15 is 0 Å². The molecule has 5 heteroatoms. The maximum Gasteiger partial charge on any atom is 0.312 e. The van der Waals surface area contributed by atoms with Crippen molar-refractivity contribution in [2.24, 2.45) is 0 Å². The lowest BCUT2D eigenvalue weighted by atomic mass is 9.75. The molecule has 1 aliphatic heterocycles. The van der Waals surface area contributed by atoms with E-state index in [-0.39, 0.29) is 5.41 Å². The van der Waals surface area contributed by atoms with Crippen LogP contribution < -0.4 is 9.61 Å². The van der Waals surface area contributed by atoms with Gasteiger partial charge in [0.05, 0.1) is 12.0 Å². The second-order valence-corrected chi connectivity index (χ2v) is 9.52. The molecule has 0 saturated carbocycles. The van der Waals surface area contributed by atoms with Crippen molar-refractivity contribution in [1.82, 2.24) is 5.09 Å². The summed E-state index contributed by atoms with van der Waals surface area (Å²) in [5.74, 6) is 0.732. The summed E-state index contributed by atoms with van der Waals surface area (Å²) in [6, 6.07) is 30.5. The molecule has 0 amide bonds.